The SMILES string of the molecule is CC1(C)CC(=O)N(CC(O)CC(=O)O)C1=O. The molecule has 16 heavy (non-hydrogen) atoms. The van der Waals surface area contributed by atoms with E-state index >= 15 is 0 Å². The van der Waals surface area contributed by atoms with E-state index in [0.29, 0.717) is 0 Å². The zero-order chi connectivity index (χ0) is 12.5. The first-order chi connectivity index (χ1) is 7.24. The van der Waals surface area contributed by atoms with Crippen molar-refractivity contribution in [1.29, 1.82) is 0 Å². The van der Waals surface area contributed by atoms with E-state index in [0.717, 1.165) is 4.90 Å². The molecule has 1 aliphatic rings. The van der Waals surface area contributed by atoms with Gasteiger partial charge in [0.2, 0.25) is 11.8 Å². The van der Waals surface area contributed by atoms with Crippen molar-refractivity contribution in [3.8, 4) is 0 Å². The van der Waals surface area contributed by atoms with Crippen LogP contribution in [0.3, 0.4) is 0 Å². The Kier molecular flexibility index (Phi) is 3.32. The van der Waals surface area contributed by atoms with Gasteiger partial charge in [0.15, 0.2) is 0 Å². The standard InChI is InChI=1S/C10H15NO5/c1-10(2)4-7(13)11(9(10)16)5-6(12)3-8(14)15/h6,12H,3-5H2,1-2H3,(H,14,15). The fourth-order valence-corrected chi connectivity index (χ4v) is 1.69. The number of carbonyl (C=O) groups is 3. The molecule has 2 N–H and O–H groups in total. The summed E-state index contributed by atoms with van der Waals surface area (Å²) in [6.07, 6.45) is -1.58. The maximum absolute atomic E-state index is 11.7. The molecule has 90 valence electrons. The van der Waals surface area contributed by atoms with E-state index in [9.17, 15) is 19.5 Å². The highest BCUT2D eigenvalue weighted by atomic mass is 16.4. The zero-order valence-corrected chi connectivity index (χ0v) is 9.27. The van der Waals surface area contributed by atoms with Crippen LogP contribution < -0.4 is 0 Å². The Hall–Kier alpha value is -1.43. The third-order valence-electron chi connectivity index (χ3n) is 2.52. The third kappa shape index (κ3) is 2.57. The molecular weight excluding hydrogens is 214 g/mol. The Balaban J connectivity index is 2.65. The number of aliphatic carboxylic acids is 1. The third-order valence-corrected chi connectivity index (χ3v) is 2.52. The van der Waals surface area contributed by atoms with Crippen molar-refractivity contribution >= 4 is 17.8 Å². The second-order valence-corrected chi connectivity index (χ2v) is 4.62. The van der Waals surface area contributed by atoms with Crippen LogP contribution in [0.25, 0.3) is 0 Å². The highest BCUT2D eigenvalue weighted by Crippen LogP contribution is 2.31. The molecule has 1 aliphatic heterocycles. The highest BCUT2D eigenvalue weighted by Gasteiger charge is 2.45. The Labute approximate surface area is 92.9 Å². The first-order valence-corrected chi connectivity index (χ1v) is 4.98. The minimum atomic E-state index is -1.21. The summed E-state index contributed by atoms with van der Waals surface area (Å²) in [6, 6.07) is 0. The summed E-state index contributed by atoms with van der Waals surface area (Å²) in [5, 5.41) is 17.8. The lowest BCUT2D eigenvalue weighted by Crippen LogP contribution is -2.39. The lowest BCUT2D eigenvalue weighted by molar-refractivity contribution is -0.146. The van der Waals surface area contributed by atoms with E-state index < -0.39 is 23.9 Å². The van der Waals surface area contributed by atoms with Gasteiger partial charge in [0.25, 0.3) is 0 Å². The predicted octanol–water partition coefficient (Wildman–Crippen LogP) is -0.393. The fraction of sp³-hybridized carbons (Fsp3) is 0.700. The number of hydrogen-bond donors (Lipinski definition) is 2. The number of carboxylic acids is 1. The molecule has 0 saturated carbocycles. The van der Waals surface area contributed by atoms with Gasteiger partial charge in [0, 0.05) is 6.42 Å². The van der Waals surface area contributed by atoms with E-state index in [-0.39, 0.29) is 24.8 Å². The molecule has 1 heterocycles. The molecule has 0 aromatic carbocycles. The molecule has 1 atom stereocenters. The van der Waals surface area contributed by atoms with Crippen LogP contribution >= 0.6 is 0 Å². The number of hydrogen-bond acceptors (Lipinski definition) is 4. The molecule has 1 unspecified atom stereocenters. The van der Waals surface area contributed by atoms with E-state index in [4.69, 9.17) is 5.11 Å². The van der Waals surface area contributed by atoms with Gasteiger partial charge in [-0.05, 0) is 0 Å². The number of aliphatic hydroxyl groups excluding tert-OH is 1. The minimum absolute atomic E-state index is 0.103. The molecule has 0 aromatic rings. The van der Waals surface area contributed by atoms with Gasteiger partial charge in [-0.1, -0.05) is 13.8 Å². The van der Waals surface area contributed by atoms with Crippen molar-refractivity contribution in [1.82, 2.24) is 4.90 Å². The average molecular weight is 229 g/mol. The lowest BCUT2D eigenvalue weighted by Gasteiger charge is -2.19. The summed E-state index contributed by atoms with van der Waals surface area (Å²) in [7, 11) is 0. The number of carbonyl (C=O) groups excluding carboxylic acids is 2. The number of rotatable bonds is 4. The van der Waals surface area contributed by atoms with E-state index in [1.54, 1.807) is 13.8 Å². The molecule has 0 bridgehead atoms. The van der Waals surface area contributed by atoms with Gasteiger partial charge in [0.05, 0.1) is 24.5 Å². The van der Waals surface area contributed by atoms with Crippen LogP contribution in [0.1, 0.15) is 26.7 Å². The van der Waals surface area contributed by atoms with Crippen molar-refractivity contribution in [3.63, 3.8) is 0 Å². The molecule has 0 aromatic heterocycles. The fourth-order valence-electron chi connectivity index (χ4n) is 1.69. The number of carboxylic acid groups (broad SMARTS) is 1. The van der Waals surface area contributed by atoms with Crippen molar-refractivity contribution in [2.24, 2.45) is 5.41 Å². The smallest absolute Gasteiger partial charge is 0.306 e. The van der Waals surface area contributed by atoms with Crippen LogP contribution in [0.2, 0.25) is 0 Å². The number of aliphatic hydroxyl groups is 1. The molecular formula is C10H15NO5. The van der Waals surface area contributed by atoms with Crippen LogP contribution in [0, 0.1) is 5.41 Å². The number of imide groups is 1. The van der Waals surface area contributed by atoms with Gasteiger partial charge < -0.3 is 10.2 Å². The number of nitrogens with zero attached hydrogens (tertiary/aromatic N) is 1. The molecule has 0 radical (unpaired) electrons. The highest BCUT2D eigenvalue weighted by molar-refractivity contribution is 6.05. The zero-order valence-electron chi connectivity index (χ0n) is 9.27. The van der Waals surface area contributed by atoms with Gasteiger partial charge in [-0.3, -0.25) is 19.3 Å². The van der Waals surface area contributed by atoms with Gasteiger partial charge in [-0.15, -0.1) is 0 Å². The van der Waals surface area contributed by atoms with Gasteiger partial charge >= 0.3 is 5.97 Å². The summed E-state index contributed by atoms with van der Waals surface area (Å²) in [6.45, 7) is 3.06. The Morgan fingerprint density at radius 3 is 2.44 bits per heavy atom. The van der Waals surface area contributed by atoms with E-state index in [2.05, 4.69) is 0 Å². The van der Waals surface area contributed by atoms with Gasteiger partial charge in [-0.25, -0.2) is 0 Å². The second kappa shape index (κ2) is 4.21. The number of likely N-dealkylation sites (tertiary alicyclic amines) is 1. The maximum Gasteiger partial charge on any atom is 0.306 e. The average Bonchev–Trinajstić information content (AvgIpc) is 2.26. The topological polar surface area (TPSA) is 94.9 Å². The molecule has 0 aliphatic carbocycles. The van der Waals surface area contributed by atoms with Gasteiger partial charge in [-0.2, -0.15) is 0 Å². The first-order valence-electron chi connectivity index (χ1n) is 4.98. The molecule has 2 amide bonds. The summed E-state index contributed by atoms with van der Waals surface area (Å²) in [5.74, 6) is -1.88. The Morgan fingerprint density at radius 2 is 2.06 bits per heavy atom. The first kappa shape index (κ1) is 12.6. The summed E-state index contributed by atoms with van der Waals surface area (Å²) < 4.78 is 0. The number of amides is 2. The Bertz CT molecular complexity index is 336. The molecule has 6 nitrogen and oxygen atoms in total. The van der Waals surface area contributed by atoms with Crippen LogP contribution in [0.15, 0.2) is 0 Å². The molecule has 1 fully saturated rings. The normalized spacial score (nSPS) is 21.3. The van der Waals surface area contributed by atoms with E-state index in [1.165, 1.54) is 0 Å². The summed E-state index contributed by atoms with van der Waals surface area (Å²) in [4.78, 5) is 34.4. The van der Waals surface area contributed by atoms with Crippen LogP contribution in [-0.4, -0.2) is 45.5 Å². The summed E-state index contributed by atoms with van der Waals surface area (Å²) >= 11 is 0. The lowest BCUT2D eigenvalue weighted by atomic mass is 9.92. The Morgan fingerprint density at radius 1 is 1.50 bits per heavy atom. The van der Waals surface area contributed by atoms with Gasteiger partial charge in [0.1, 0.15) is 0 Å². The van der Waals surface area contributed by atoms with Crippen molar-refractivity contribution in [3.05, 3.63) is 0 Å². The molecule has 1 rings (SSSR count). The largest absolute Gasteiger partial charge is 0.481 e. The van der Waals surface area contributed by atoms with Crippen molar-refractivity contribution < 1.29 is 24.6 Å². The molecule has 1 saturated heterocycles. The monoisotopic (exact) mass is 229 g/mol. The van der Waals surface area contributed by atoms with Crippen LogP contribution in [0.5, 0.6) is 0 Å². The minimum Gasteiger partial charge on any atom is -0.481 e. The van der Waals surface area contributed by atoms with Crippen LogP contribution in [0.4, 0.5) is 0 Å². The van der Waals surface area contributed by atoms with Crippen LogP contribution in [-0.2, 0) is 14.4 Å². The predicted molar refractivity (Wildman–Crippen MR) is 53.4 cm³/mol. The van der Waals surface area contributed by atoms with Crippen molar-refractivity contribution in [2.75, 3.05) is 6.54 Å². The van der Waals surface area contributed by atoms with E-state index in [1.807, 2.05) is 0 Å². The summed E-state index contributed by atoms with van der Waals surface area (Å²) in [5.41, 5.74) is -0.750. The molecule has 0 spiro atoms. The number of β-amino-alcohol motifs (C(OH)–C–C–N with tert-alkyl or cyclic N) is 1. The van der Waals surface area contributed by atoms with Crippen molar-refractivity contribution in [2.45, 2.75) is 32.8 Å². The quantitative estimate of drug-likeness (QED) is 0.640. The maximum atomic E-state index is 11.7. The second-order valence-electron chi connectivity index (χ2n) is 4.62. The molecule has 6 heteroatoms.